The first-order valence-electron chi connectivity index (χ1n) is 8.37. The monoisotopic (exact) mass is 388 g/mol. The van der Waals surface area contributed by atoms with Crippen molar-refractivity contribution in [3.8, 4) is 0 Å². The van der Waals surface area contributed by atoms with E-state index in [9.17, 15) is 14.4 Å². The zero-order valence-corrected chi connectivity index (χ0v) is 16.0. The molecule has 27 heavy (non-hydrogen) atoms. The highest BCUT2D eigenvalue weighted by Crippen LogP contribution is 2.27. The fraction of sp³-hybridized carbons (Fsp3) is 0.353. The minimum Gasteiger partial charge on any atom is -0.318 e. The van der Waals surface area contributed by atoms with Gasteiger partial charge in [-0.1, -0.05) is 42.1 Å². The molecule has 1 aliphatic rings. The van der Waals surface area contributed by atoms with Crippen molar-refractivity contribution in [1.82, 2.24) is 30.5 Å². The number of hydrogen-bond donors (Lipinski definition) is 2. The molecular weight excluding hydrogens is 368 g/mol. The predicted octanol–water partition coefficient (Wildman–Crippen LogP) is 1.45. The first kappa shape index (κ1) is 18.9. The molecular formula is C17H20N6O3S. The fourth-order valence-electron chi connectivity index (χ4n) is 2.68. The van der Waals surface area contributed by atoms with Crippen molar-refractivity contribution in [2.24, 2.45) is 0 Å². The number of hydrazine groups is 1. The molecule has 1 saturated heterocycles. The Balaban J connectivity index is 1.65. The molecule has 10 heteroatoms. The van der Waals surface area contributed by atoms with E-state index in [0.29, 0.717) is 10.7 Å². The van der Waals surface area contributed by atoms with E-state index in [1.807, 2.05) is 24.5 Å². The summed E-state index contributed by atoms with van der Waals surface area (Å²) < 4.78 is 1.83. The molecule has 0 saturated carbocycles. The van der Waals surface area contributed by atoms with Crippen LogP contribution >= 0.6 is 11.8 Å². The third-order valence-electron chi connectivity index (χ3n) is 4.21. The van der Waals surface area contributed by atoms with Crippen LogP contribution in [0.4, 0.5) is 4.79 Å². The van der Waals surface area contributed by atoms with Crippen molar-refractivity contribution in [2.75, 3.05) is 5.75 Å². The molecule has 0 aliphatic carbocycles. The molecule has 1 unspecified atom stereocenters. The minimum absolute atomic E-state index is 0.00940. The van der Waals surface area contributed by atoms with E-state index in [1.165, 1.54) is 11.8 Å². The largest absolute Gasteiger partial charge is 0.344 e. The van der Waals surface area contributed by atoms with Gasteiger partial charge in [0.25, 0.3) is 5.91 Å². The topological polar surface area (TPSA) is 109 Å². The molecule has 0 spiro atoms. The third-order valence-corrected chi connectivity index (χ3v) is 5.16. The normalized spacial score (nSPS) is 19.5. The highest BCUT2D eigenvalue weighted by Gasteiger charge is 2.49. The molecule has 2 heterocycles. The lowest BCUT2D eigenvalue weighted by Gasteiger charge is -2.22. The summed E-state index contributed by atoms with van der Waals surface area (Å²) in [6.07, 6.45) is 1.59. The summed E-state index contributed by atoms with van der Waals surface area (Å²) in [5.41, 5.74) is 1.78. The van der Waals surface area contributed by atoms with Crippen LogP contribution in [0.2, 0.25) is 0 Å². The quantitative estimate of drug-likeness (QED) is 0.573. The summed E-state index contributed by atoms with van der Waals surface area (Å²) in [5, 5.41) is 11.8. The Hall–Kier alpha value is -2.88. The molecule has 2 N–H and O–H groups in total. The Kier molecular flexibility index (Phi) is 5.17. The first-order valence-corrected chi connectivity index (χ1v) is 9.35. The molecule has 4 amide bonds. The zero-order valence-electron chi connectivity index (χ0n) is 15.2. The van der Waals surface area contributed by atoms with Gasteiger partial charge in [0.05, 0.1) is 5.75 Å². The van der Waals surface area contributed by atoms with Gasteiger partial charge in [-0.25, -0.2) is 4.79 Å². The Bertz CT molecular complexity index is 869. The van der Waals surface area contributed by atoms with E-state index < -0.39 is 23.4 Å². The van der Waals surface area contributed by atoms with E-state index in [1.54, 1.807) is 37.5 Å². The molecule has 1 aliphatic heterocycles. The number of carbonyl (C=O) groups excluding carboxylic acids is 3. The lowest BCUT2D eigenvalue weighted by molar-refractivity contribution is -0.138. The van der Waals surface area contributed by atoms with Crippen LogP contribution in [0.3, 0.4) is 0 Å². The van der Waals surface area contributed by atoms with Crippen LogP contribution < -0.4 is 10.7 Å². The van der Waals surface area contributed by atoms with Crippen LogP contribution in [-0.2, 0) is 15.1 Å². The molecule has 0 bridgehead atoms. The summed E-state index contributed by atoms with van der Waals surface area (Å²) in [6, 6.07) is 8.36. The van der Waals surface area contributed by atoms with Crippen molar-refractivity contribution in [1.29, 1.82) is 0 Å². The van der Waals surface area contributed by atoms with Gasteiger partial charge in [0.15, 0.2) is 5.16 Å². The van der Waals surface area contributed by atoms with Gasteiger partial charge in [-0.3, -0.25) is 15.0 Å². The Morgan fingerprint density at radius 2 is 2.00 bits per heavy atom. The van der Waals surface area contributed by atoms with Gasteiger partial charge in [-0.05, 0) is 26.3 Å². The number of nitrogens with one attached hydrogen (secondary N) is 2. The Morgan fingerprint density at radius 1 is 1.30 bits per heavy atom. The van der Waals surface area contributed by atoms with Crippen LogP contribution in [-0.4, -0.2) is 43.4 Å². The van der Waals surface area contributed by atoms with Crippen molar-refractivity contribution in [3.05, 3.63) is 42.2 Å². The maximum absolute atomic E-state index is 12.7. The average molecular weight is 388 g/mol. The molecule has 1 aromatic carbocycles. The van der Waals surface area contributed by atoms with Crippen LogP contribution in [0.5, 0.6) is 0 Å². The molecule has 1 fully saturated rings. The van der Waals surface area contributed by atoms with E-state index in [2.05, 4.69) is 20.9 Å². The second-order valence-corrected chi connectivity index (χ2v) is 7.44. The zero-order chi connectivity index (χ0) is 19.6. The fourth-order valence-corrected chi connectivity index (χ4v) is 3.52. The number of hydrogen-bond acceptors (Lipinski definition) is 6. The van der Waals surface area contributed by atoms with E-state index in [-0.39, 0.29) is 11.8 Å². The highest BCUT2D eigenvalue weighted by atomic mass is 32.2. The standard InChI is InChI=1S/C17H20N6O3S/c1-11(2)22-10-18-20-16(22)27-9-13(24)21-23-14(25)17(3,19-15(23)26)12-7-5-4-6-8-12/h4-8,10-11H,9H2,1-3H3,(H,19,26)(H,21,24). The van der Waals surface area contributed by atoms with Crippen LogP contribution in [0.15, 0.2) is 41.8 Å². The third kappa shape index (κ3) is 3.65. The second-order valence-electron chi connectivity index (χ2n) is 6.50. The molecule has 1 atom stereocenters. The smallest absolute Gasteiger partial charge is 0.318 e. The maximum Gasteiger partial charge on any atom is 0.344 e. The van der Waals surface area contributed by atoms with Gasteiger partial charge >= 0.3 is 6.03 Å². The number of nitrogens with zero attached hydrogens (tertiary/aromatic N) is 4. The van der Waals surface area contributed by atoms with Crippen molar-refractivity contribution in [2.45, 2.75) is 37.5 Å². The first-order chi connectivity index (χ1) is 12.8. The number of amides is 4. The highest BCUT2D eigenvalue weighted by molar-refractivity contribution is 7.99. The number of aromatic nitrogens is 3. The molecule has 142 valence electrons. The van der Waals surface area contributed by atoms with Crippen molar-refractivity contribution >= 4 is 29.6 Å². The number of carbonyl (C=O) groups is 3. The SMILES string of the molecule is CC(C)n1cnnc1SCC(=O)NN1C(=O)NC(C)(c2ccccc2)C1=O. The number of benzene rings is 1. The minimum atomic E-state index is -1.23. The molecule has 9 nitrogen and oxygen atoms in total. The lowest BCUT2D eigenvalue weighted by atomic mass is 9.92. The maximum atomic E-state index is 12.7. The van der Waals surface area contributed by atoms with Gasteiger partial charge < -0.3 is 9.88 Å². The summed E-state index contributed by atoms with van der Waals surface area (Å²) in [4.78, 5) is 37.2. The molecule has 3 rings (SSSR count). The summed E-state index contributed by atoms with van der Waals surface area (Å²) in [5.74, 6) is -1.04. The number of urea groups is 1. The summed E-state index contributed by atoms with van der Waals surface area (Å²) in [6.45, 7) is 5.56. The van der Waals surface area contributed by atoms with Crippen molar-refractivity contribution in [3.63, 3.8) is 0 Å². The van der Waals surface area contributed by atoms with Gasteiger partial charge in [-0.15, -0.1) is 10.2 Å². The van der Waals surface area contributed by atoms with E-state index >= 15 is 0 Å². The summed E-state index contributed by atoms with van der Waals surface area (Å²) in [7, 11) is 0. The number of rotatable bonds is 6. The molecule has 2 aromatic rings. The van der Waals surface area contributed by atoms with Gasteiger partial charge in [-0.2, -0.15) is 5.01 Å². The van der Waals surface area contributed by atoms with E-state index in [4.69, 9.17) is 0 Å². The second kappa shape index (κ2) is 7.39. The predicted molar refractivity (Wildman–Crippen MR) is 98.4 cm³/mol. The summed E-state index contributed by atoms with van der Waals surface area (Å²) >= 11 is 1.18. The Morgan fingerprint density at radius 3 is 2.67 bits per heavy atom. The van der Waals surface area contributed by atoms with Gasteiger partial charge in [0.1, 0.15) is 11.9 Å². The van der Waals surface area contributed by atoms with Crippen LogP contribution in [0.1, 0.15) is 32.4 Å². The van der Waals surface area contributed by atoms with E-state index in [0.717, 1.165) is 5.01 Å². The van der Waals surface area contributed by atoms with Crippen molar-refractivity contribution < 1.29 is 14.4 Å². The lowest BCUT2D eigenvalue weighted by Crippen LogP contribution is -2.48. The Labute approximate surface area is 160 Å². The van der Waals surface area contributed by atoms with Crippen LogP contribution in [0.25, 0.3) is 0 Å². The van der Waals surface area contributed by atoms with Crippen LogP contribution in [0, 0.1) is 0 Å². The molecule has 0 radical (unpaired) electrons. The number of imide groups is 1. The number of thioether (sulfide) groups is 1. The average Bonchev–Trinajstić information content (AvgIpc) is 3.20. The van der Waals surface area contributed by atoms with Gasteiger partial charge in [0.2, 0.25) is 5.91 Å². The molecule has 1 aromatic heterocycles. The van der Waals surface area contributed by atoms with Gasteiger partial charge in [0, 0.05) is 6.04 Å².